The van der Waals surface area contributed by atoms with Gasteiger partial charge in [-0.2, -0.15) is 0 Å². The largest absolute Gasteiger partial charge is 0.457 e. The molecule has 0 N–H and O–H groups in total. The fourth-order valence-electron chi connectivity index (χ4n) is 2.22. The van der Waals surface area contributed by atoms with Crippen LogP contribution in [0.3, 0.4) is 0 Å². The van der Waals surface area contributed by atoms with Crippen LogP contribution in [0.1, 0.15) is 25.7 Å². The van der Waals surface area contributed by atoms with Gasteiger partial charge in [0.2, 0.25) is 0 Å². The molecule has 4 nitrogen and oxygen atoms in total. The molecule has 0 saturated carbocycles. The third-order valence-corrected chi connectivity index (χ3v) is 4.27. The summed E-state index contributed by atoms with van der Waals surface area (Å²) >= 11 is 1.38. The molecule has 2 aromatic heterocycles. The van der Waals surface area contributed by atoms with Crippen LogP contribution in [0.5, 0.6) is 0 Å². The molecular weight excluding hydrogens is 300 g/mol. The van der Waals surface area contributed by atoms with Crippen molar-refractivity contribution >= 4 is 28.3 Å². The van der Waals surface area contributed by atoms with E-state index in [1.807, 2.05) is 32.0 Å². The van der Waals surface area contributed by atoms with E-state index < -0.39 is 5.63 Å². The van der Waals surface area contributed by atoms with Crippen LogP contribution < -0.4 is 5.63 Å². The summed E-state index contributed by atoms with van der Waals surface area (Å²) in [7, 11) is 0. The molecule has 3 rings (SSSR count). The Morgan fingerprint density at radius 1 is 1.18 bits per heavy atom. The molecule has 1 aromatic carbocycles. The molecule has 0 unspecified atom stereocenters. The maximum atomic E-state index is 12.0. The van der Waals surface area contributed by atoms with Gasteiger partial charge in [-0.15, -0.1) is 11.3 Å². The Morgan fingerprint density at radius 2 is 2.00 bits per heavy atom. The Balaban J connectivity index is 1.87. The van der Waals surface area contributed by atoms with Crippen LogP contribution >= 0.6 is 11.3 Å². The highest BCUT2D eigenvalue weighted by atomic mass is 32.1. The molecule has 0 atom stereocenters. The summed E-state index contributed by atoms with van der Waals surface area (Å²) in [4.78, 5) is 25.2. The van der Waals surface area contributed by atoms with E-state index in [0.29, 0.717) is 16.0 Å². The first-order valence-corrected chi connectivity index (χ1v) is 7.61. The first-order chi connectivity index (χ1) is 10.5. The van der Waals surface area contributed by atoms with E-state index in [0.717, 1.165) is 15.8 Å². The van der Waals surface area contributed by atoms with Crippen molar-refractivity contribution < 1.29 is 13.9 Å². The topological polar surface area (TPSA) is 56.5 Å². The normalized spacial score (nSPS) is 10.8. The molecule has 2 heterocycles. The maximum Gasteiger partial charge on any atom is 0.348 e. The van der Waals surface area contributed by atoms with Crippen LogP contribution in [-0.2, 0) is 11.3 Å². The number of benzene rings is 1. The molecule has 0 radical (unpaired) electrons. The number of thiophene rings is 1. The second-order valence-electron chi connectivity index (χ2n) is 5.08. The molecule has 0 aliphatic carbocycles. The fraction of sp³-hybridized carbons (Fsp3) is 0.176. The Morgan fingerprint density at radius 3 is 2.73 bits per heavy atom. The lowest BCUT2D eigenvalue weighted by Crippen LogP contribution is -2.06. The van der Waals surface area contributed by atoms with Gasteiger partial charge in [0.15, 0.2) is 0 Å². The highest BCUT2D eigenvalue weighted by Gasteiger charge is 2.12. The average molecular weight is 314 g/mol. The lowest BCUT2D eigenvalue weighted by Gasteiger charge is -2.07. The van der Waals surface area contributed by atoms with Crippen LogP contribution in [0.4, 0.5) is 0 Å². The van der Waals surface area contributed by atoms with E-state index >= 15 is 0 Å². The summed E-state index contributed by atoms with van der Waals surface area (Å²) in [5.74, 6) is -0.383. The molecule has 0 saturated heterocycles. The SMILES string of the molecule is Cc1ccc2c(COC(=O)c3ccc(C)s3)cc(=O)oc2c1. The number of carbonyl (C=O) groups is 1. The molecule has 0 fully saturated rings. The quantitative estimate of drug-likeness (QED) is 0.544. The first kappa shape index (κ1) is 14.5. The second-order valence-corrected chi connectivity index (χ2v) is 6.36. The Labute approximate surface area is 131 Å². The number of carbonyl (C=O) groups excluding carboxylic acids is 1. The van der Waals surface area contributed by atoms with Gasteiger partial charge in [-0.05, 0) is 37.6 Å². The van der Waals surface area contributed by atoms with Gasteiger partial charge in [0.05, 0.1) is 0 Å². The third kappa shape index (κ3) is 2.94. The second kappa shape index (κ2) is 5.77. The number of hydrogen-bond donors (Lipinski definition) is 0. The molecule has 5 heteroatoms. The summed E-state index contributed by atoms with van der Waals surface area (Å²) in [6, 6.07) is 10.6. The molecule has 0 aliphatic heterocycles. The van der Waals surface area contributed by atoms with Gasteiger partial charge in [0.1, 0.15) is 17.1 Å². The molecule has 0 spiro atoms. The zero-order valence-electron chi connectivity index (χ0n) is 12.2. The van der Waals surface area contributed by atoms with Crippen molar-refractivity contribution in [1.29, 1.82) is 0 Å². The van der Waals surface area contributed by atoms with Crippen LogP contribution in [-0.4, -0.2) is 5.97 Å². The van der Waals surface area contributed by atoms with Crippen LogP contribution in [0.2, 0.25) is 0 Å². The minimum Gasteiger partial charge on any atom is -0.457 e. The molecule has 0 bridgehead atoms. The van der Waals surface area contributed by atoms with Crippen molar-refractivity contribution in [2.75, 3.05) is 0 Å². The standard InChI is InChI=1S/C17H14O4S/c1-10-3-5-13-12(8-16(18)21-14(13)7-10)9-20-17(19)15-6-4-11(2)22-15/h3-8H,9H2,1-2H3. The zero-order chi connectivity index (χ0) is 15.7. The smallest absolute Gasteiger partial charge is 0.348 e. The zero-order valence-corrected chi connectivity index (χ0v) is 13.0. The van der Waals surface area contributed by atoms with Gasteiger partial charge in [-0.25, -0.2) is 9.59 Å². The number of hydrogen-bond acceptors (Lipinski definition) is 5. The number of aryl methyl sites for hydroxylation is 2. The number of rotatable bonds is 3. The van der Waals surface area contributed by atoms with Crippen molar-refractivity contribution in [3.05, 3.63) is 67.7 Å². The molecular formula is C17H14O4S. The number of ether oxygens (including phenoxy) is 1. The summed E-state index contributed by atoms with van der Waals surface area (Å²) in [5, 5.41) is 0.778. The van der Waals surface area contributed by atoms with Gasteiger partial charge >= 0.3 is 11.6 Å². The Bertz CT molecular complexity index is 904. The summed E-state index contributed by atoms with van der Waals surface area (Å²) in [6.45, 7) is 3.89. The Hall–Kier alpha value is -2.40. The molecule has 112 valence electrons. The highest BCUT2D eigenvalue weighted by molar-refractivity contribution is 7.13. The van der Waals surface area contributed by atoms with Gasteiger partial charge in [0.25, 0.3) is 0 Å². The molecule has 0 amide bonds. The fourth-order valence-corrected chi connectivity index (χ4v) is 2.98. The van der Waals surface area contributed by atoms with Gasteiger partial charge < -0.3 is 9.15 Å². The van der Waals surface area contributed by atoms with Crippen molar-refractivity contribution in [2.24, 2.45) is 0 Å². The number of esters is 1. The molecule has 3 aromatic rings. The van der Waals surface area contributed by atoms with Crippen molar-refractivity contribution in [3.8, 4) is 0 Å². The average Bonchev–Trinajstić information content (AvgIpc) is 2.90. The summed E-state index contributed by atoms with van der Waals surface area (Å²) in [6.07, 6.45) is 0. The monoisotopic (exact) mass is 314 g/mol. The predicted octanol–water partition coefficient (Wildman–Crippen LogP) is 3.83. The Kier molecular flexibility index (Phi) is 3.81. The van der Waals surface area contributed by atoms with E-state index in [9.17, 15) is 9.59 Å². The van der Waals surface area contributed by atoms with Crippen LogP contribution in [0.15, 0.2) is 45.6 Å². The summed E-state index contributed by atoms with van der Waals surface area (Å²) in [5.41, 5.74) is 1.70. The van der Waals surface area contributed by atoms with Crippen molar-refractivity contribution in [1.82, 2.24) is 0 Å². The first-order valence-electron chi connectivity index (χ1n) is 6.80. The minimum absolute atomic E-state index is 0.0426. The van der Waals surface area contributed by atoms with Crippen LogP contribution in [0.25, 0.3) is 11.0 Å². The van der Waals surface area contributed by atoms with E-state index in [2.05, 4.69) is 0 Å². The van der Waals surface area contributed by atoms with Gasteiger partial charge in [-0.3, -0.25) is 0 Å². The predicted molar refractivity (Wildman–Crippen MR) is 85.4 cm³/mol. The van der Waals surface area contributed by atoms with E-state index in [4.69, 9.17) is 9.15 Å². The van der Waals surface area contributed by atoms with Gasteiger partial charge in [-0.1, -0.05) is 12.1 Å². The minimum atomic E-state index is -0.448. The number of fused-ring (bicyclic) bond motifs is 1. The van der Waals surface area contributed by atoms with Gasteiger partial charge in [0, 0.05) is 21.9 Å². The van der Waals surface area contributed by atoms with Crippen molar-refractivity contribution in [2.45, 2.75) is 20.5 Å². The lowest BCUT2D eigenvalue weighted by atomic mass is 10.1. The lowest BCUT2D eigenvalue weighted by molar-refractivity contribution is 0.0479. The van der Waals surface area contributed by atoms with Crippen LogP contribution in [0, 0.1) is 13.8 Å². The summed E-state index contributed by atoms with van der Waals surface area (Å²) < 4.78 is 10.5. The molecule has 22 heavy (non-hydrogen) atoms. The third-order valence-electron chi connectivity index (χ3n) is 3.29. The maximum absolute atomic E-state index is 12.0. The van der Waals surface area contributed by atoms with Crippen molar-refractivity contribution in [3.63, 3.8) is 0 Å². The molecule has 0 aliphatic rings. The highest BCUT2D eigenvalue weighted by Crippen LogP contribution is 2.21. The van der Waals surface area contributed by atoms with E-state index in [-0.39, 0.29) is 12.6 Å². The van der Waals surface area contributed by atoms with E-state index in [1.54, 1.807) is 12.1 Å². The van der Waals surface area contributed by atoms with E-state index in [1.165, 1.54) is 17.4 Å².